The molecule has 7 aromatic rings. The summed E-state index contributed by atoms with van der Waals surface area (Å²) in [7, 11) is 3.22. The molecule has 0 unspecified atom stereocenters. The van der Waals surface area contributed by atoms with E-state index in [1.807, 2.05) is 170 Å². The van der Waals surface area contributed by atoms with Gasteiger partial charge in [0.15, 0.2) is 6.23 Å². The Morgan fingerprint density at radius 1 is 0.576 bits per heavy atom. The number of rotatable bonds is 14. The van der Waals surface area contributed by atoms with Gasteiger partial charge in [-0.05, 0) is 57.6 Å². The van der Waals surface area contributed by atoms with Gasteiger partial charge in [0.2, 0.25) is 0 Å². The minimum atomic E-state index is -1.36. The Labute approximate surface area is 341 Å². The Morgan fingerprint density at radius 2 is 0.983 bits per heavy atom. The van der Waals surface area contributed by atoms with Gasteiger partial charge in [0.25, 0.3) is 5.56 Å². The number of hydrogen-bond donors (Lipinski definition) is 2. The van der Waals surface area contributed by atoms with Crippen LogP contribution in [0.5, 0.6) is 11.5 Å². The Hall–Kier alpha value is -6.56. The van der Waals surface area contributed by atoms with E-state index < -0.39 is 47.0 Å². The second-order valence-corrected chi connectivity index (χ2v) is 14.3. The lowest BCUT2D eigenvalue weighted by Gasteiger charge is -2.40. The molecule has 0 saturated carbocycles. The third-order valence-corrected chi connectivity index (χ3v) is 10.9. The number of nitrogens with one attached hydrogen (secondary N) is 1. The van der Waals surface area contributed by atoms with Gasteiger partial charge in [-0.3, -0.25) is 14.3 Å². The second-order valence-electron chi connectivity index (χ2n) is 14.3. The maximum atomic E-state index is 13.6. The SMILES string of the molecule is COc1ccc(C(OC[C@H]2O[C@@H](n3ccc(=O)[nH]c3=O)[C@H](OC(c3ccccc3)(c3ccccc3)c3ccc(OC)cc3)[C@@H]2O)(c2ccccc2)c2ccccc2)cc1. The molecule has 10 nitrogen and oxygen atoms in total. The summed E-state index contributed by atoms with van der Waals surface area (Å²) in [5, 5.41) is 12.6. The fourth-order valence-corrected chi connectivity index (χ4v) is 8.04. The van der Waals surface area contributed by atoms with Crippen LogP contribution in [-0.4, -0.2) is 53.8 Å². The Bertz CT molecular complexity index is 2470. The second kappa shape index (κ2) is 17.1. The lowest BCUT2D eigenvalue weighted by atomic mass is 9.79. The number of benzene rings is 6. The van der Waals surface area contributed by atoms with Crippen molar-refractivity contribution in [3.8, 4) is 11.5 Å². The third kappa shape index (κ3) is 7.50. The summed E-state index contributed by atoms with van der Waals surface area (Å²) in [4.78, 5) is 28.3. The minimum Gasteiger partial charge on any atom is -0.497 e. The number of aliphatic hydroxyl groups excluding tert-OH is 1. The molecule has 0 spiro atoms. The smallest absolute Gasteiger partial charge is 0.330 e. The highest BCUT2D eigenvalue weighted by molar-refractivity contribution is 5.50. The maximum absolute atomic E-state index is 13.6. The number of hydrogen-bond acceptors (Lipinski definition) is 8. The van der Waals surface area contributed by atoms with Crippen molar-refractivity contribution in [3.63, 3.8) is 0 Å². The lowest BCUT2D eigenvalue weighted by molar-refractivity contribution is -0.125. The number of methoxy groups -OCH3 is 2. The highest BCUT2D eigenvalue weighted by atomic mass is 16.6. The van der Waals surface area contributed by atoms with E-state index in [1.165, 1.54) is 16.8 Å². The molecule has 298 valence electrons. The van der Waals surface area contributed by atoms with E-state index >= 15 is 0 Å². The fourth-order valence-electron chi connectivity index (χ4n) is 8.04. The average Bonchev–Trinajstić information content (AvgIpc) is 3.60. The van der Waals surface area contributed by atoms with Crippen molar-refractivity contribution in [2.24, 2.45) is 0 Å². The maximum Gasteiger partial charge on any atom is 0.330 e. The molecule has 2 N–H and O–H groups in total. The number of nitrogens with zero attached hydrogens (tertiary/aromatic N) is 1. The van der Waals surface area contributed by atoms with Gasteiger partial charge < -0.3 is 28.8 Å². The summed E-state index contributed by atoms with van der Waals surface area (Å²) in [6, 6.07) is 55.6. The quantitative estimate of drug-likeness (QED) is 0.111. The van der Waals surface area contributed by atoms with E-state index in [2.05, 4.69) is 4.98 Å². The van der Waals surface area contributed by atoms with E-state index in [0.29, 0.717) is 11.5 Å². The molecule has 1 aliphatic heterocycles. The van der Waals surface area contributed by atoms with Crippen LogP contribution in [-0.2, 0) is 25.4 Å². The Morgan fingerprint density at radius 3 is 1.41 bits per heavy atom. The van der Waals surface area contributed by atoms with Crippen LogP contribution in [0.25, 0.3) is 0 Å². The number of ether oxygens (including phenoxy) is 5. The molecular weight excluding hydrogens is 745 g/mol. The predicted molar refractivity (Wildman–Crippen MR) is 224 cm³/mol. The first kappa shape index (κ1) is 39.3. The van der Waals surface area contributed by atoms with E-state index in [0.717, 1.165) is 33.4 Å². The molecule has 4 atom stereocenters. The molecule has 0 aliphatic carbocycles. The number of aromatic nitrogens is 2. The van der Waals surface area contributed by atoms with Gasteiger partial charge in [-0.1, -0.05) is 146 Å². The van der Waals surface area contributed by atoms with Gasteiger partial charge in [0.05, 0.1) is 20.8 Å². The minimum absolute atomic E-state index is 0.141. The van der Waals surface area contributed by atoms with Gasteiger partial charge in [0.1, 0.15) is 41.0 Å². The average molecular weight is 789 g/mol. The monoisotopic (exact) mass is 788 g/mol. The fraction of sp³-hybridized carbons (Fsp3) is 0.184. The summed E-state index contributed by atoms with van der Waals surface area (Å²) in [6.07, 6.45) is -3.44. The molecule has 10 heteroatoms. The van der Waals surface area contributed by atoms with Crippen molar-refractivity contribution in [2.75, 3.05) is 20.8 Å². The van der Waals surface area contributed by atoms with Gasteiger partial charge in [0, 0.05) is 12.3 Å². The first-order valence-electron chi connectivity index (χ1n) is 19.4. The van der Waals surface area contributed by atoms with Crippen LogP contribution in [0.4, 0.5) is 0 Å². The van der Waals surface area contributed by atoms with Gasteiger partial charge in [-0.15, -0.1) is 0 Å². The zero-order valence-electron chi connectivity index (χ0n) is 32.6. The normalized spacial score (nSPS) is 18.0. The summed E-state index contributed by atoms with van der Waals surface area (Å²) < 4.78 is 33.6. The molecule has 1 saturated heterocycles. The van der Waals surface area contributed by atoms with Crippen molar-refractivity contribution in [1.82, 2.24) is 9.55 Å². The largest absolute Gasteiger partial charge is 0.497 e. The highest BCUT2D eigenvalue weighted by Crippen LogP contribution is 2.47. The molecule has 8 rings (SSSR count). The molecule has 2 heterocycles. The van der Waals surface area contributed by atoms with Crippen LogP contribution in [0.1, 0.15) is 39.6 Å². The van der Waals surface area contributed by atoms with Crippen molar-refractivity contribution < 1.29 is 28.8 Å². The molecule has 1 fully saturated rings. The zero-order chi connectivity index (χ0) is 40.8. The standard InChI is InChI=1S/C49H44N2O8/c1-55-40-27-23-38(24-28-40)48(34-15-7-3-8-16-34,35-17-9-4-10-18-35)57-33-42-44(53)45(46(58-42)51-32-31-43(52)50-47(51)54)59-49(36-19-11-5-12-20-36,37-21-13-6-14-22-37)39-25-29-41(56-2)30-26-39/h3-32,42,44-46,53H,33H2,1-2H3,(H,50,52,54)/t42-,44-,45-,46-/m1/s1. The van der Waals surface area contributed by atoms with Crippen molar-refractivity contribution >= 4 is 0 Å². The Balaban J connectivity index is 1.27. The van der Waals surface area contributed by atoms with Crippen molar-refractivity contribution in [1.29, 1.82) is 0 Å². The molecule has 1 aromatic heterocycles. The van der Waals surface area contributed by atoms with Crippen LogP contribution < -0.4 is 20.7 Å². The van der Waals surface area contributed by atoms with Gasteiger partial charge in [-0.25, -0.2) is 4.79 Å². The van der Waals surface area contributed by atoms with E-state index in [1.54, 1.807) is 14.2 Å². The molecule has 0 bridgehead atoms. The first-order chi connectivity index (χ1) is 28.9. The lowest BCUT2D eigenvalue weighted by Crippen LogP contribution is -2.46. The first-order valence-corrected chi connectivity index (χ1v) is 19.4. The molecule has 0 amide bonds. The molecule has 1 aliphatic rings. The van der Waals surface area contributed by atoms with Crippen LogP contribution in [0.15, 0.2) is 192 Å². The predicted octanol–water partition coefficient (Wildman–Crippen LogP) is 7.20. The topological polar surface area (TPSA) is 121 Å². The molecule has 6 aromatic carbocycles. The summed E-state index contributed by atoms with van der Waals surface area (Å²) in [6.45, 7) is -0.141. The van der Waals surface area contributed by atoms with Crippen molar-refractivity contribution in [3.05, 3.63) is 236 Å². The number of aromatic amines is 1. The van der Waals surface area contributed by atoms with Crippen LogP contribution in [0.2, 0.25) is 0 Å². The number of aliphatic hydroxyl groups is 1. The van der Waals surface area contributed by atoms with E-state index in [9.17, 15) is 14.7 Å². The van der Waals surface area contributed by atoms with Gasteiger partial charge in [-0.2, -0.15) is 0 Å². The summed E-state index contributed by atoms with van der Waals surface area (Å²) in [5.74, 6) is 1.34. The summed E-state index contributed by atoms with van der Waals surface area (Å²) in [5.41, 5.74) is 0.960. The molecule has 0 radical (unpaired) electrons. The van der Waals surface area contributed by atoms with Crippen molar-refractivity contribution in [2.45, 2.75) is 35.7 Å². The van der Waals surface area contributed by atoms with E-state index in [4.69, 9.17) is 23.7 Å². The Kier molecular flexibility index (Phi) is 11.4. The van der Waals surface area contributed by atoms with E-state index in [-0.39, 0.29) is 6.61 Å². The molecule has 59 heavy (non-hydrogen) atoms. The van der Waals surface area contributed by atoms with Crippen LogP contribution in [0.3, 0.4) is 0 Å². The van der Waals surface area contributed by atoms with Gasteiger partial charge >= 0.3 is 5.69 Å². The van der Waals surface area contributed by atoms with Crippen LogP contribution >= 0.6 is 0 Å². The van der Waals surface area contributed by atoms with Crippen LogP contribution in [0, 0.1) is 0 Å². The molecular formula is C49H44N2O8. The summed E-state index contributed by atoms with van der Waals surface area (Å²) >= 11 is 0. The zero-order valence-corrected chi connectivity index (χ0v) is 32.6. The number of H-pyrrole nitrogens is 1. The highest BCUT2D eigenvalue weighted by Gasteiger charge is 2.52. The third-order valence-electron chi connectivity index (χ3n) is 10.9.